The van der Waals surface area contributed by atoms with Gasteiger partial charge in [0.25, 0.3) is 0 Å². The van der Waals surface area contributed by atoms with E-state index in [0.717, 1.165) is 70.6 Å². The highest BCUT2D eigenvalue weighted by Gasteiger charge is 2.30. The Kier molecular flexibility index (Phi) is 7.98. The summed E-state index contributed by atoms with van der Waals surface area (Å²) in [5, 5.41) is 3.49. The van der Waals surface area contributed by atoms with Crippen LogP contribution in [0.25, 0.3) is 0 Å². The van der Waals surface area contributed by atoms with Crippen molar-refractivity contribution in [2.24, 2.45) is 4.99 Å². The Morgan fingerprint density at radius 2 is 2.00 bits per heavy atom. The lowest BCUT2D eigenvalue weighted by molar-refractivity contribution is 0.0195. The number of benzene rings is 1. The normalized spacial score (nSPS) is 22.3. The molecule has 1 aromatic rings. The fraction of sp³-hybridized carbons (Fsp3) is 0.682. The van der Waals surface area contributed by atoms with Crippen molar-refractivity contribution in [3.63, 3.8) is 0 Å². The quantitative estimate of drug-likeness (QED) is 0.575. The average Bonchev–Trinajstić information content (AvgIpc) is 3.24. The summed E-state index contributed by atoms with van der Waals surface area (Å²) in [5.74, 6) is 2.46. The topological polar surface area (TPSA) is 49.3 Å². The number of guanidine groups is 1. The third kappa shape index (κ3) is 5.61. The van der Waals surface area contributed by atoms with Gasteiger partial charge in [0, 0.05) is 45.3 Å². The molecule has 0 aromatic heterocycles. The van der Waals surface area contributed by atoms with Gasteiger partial charge in [-0.25, -0.2) is 0 Å². The fourth-order valence-corrected chi connectivity index (χ4v) is 4.06. The minimum atomic E-state index is 0.484. The van der Waals surface area contributed by atoms with Crippen LogP contribution in [-0.4, -0.2) is 81.4 Å². The third-order valence-electron chi connectivity index (χ3n) is 5.87. The first kappa shape index (κ1) is 20.9. The van der Waals surface area contributed by atoms with Gasteiger partial charge in [0.1, 0.15) is 5.75 Å². The Morgan fingerprint density at radius 1 is 1.25 bits per heavy atom. The van der Waals surface area contributed by atoms with E-state index in [1.807, 2.05) is 12.1 Å². The summed E-state index contributed by atoms with van der Waals surface area (Å²) in [4.78, 5) is 9.95. The van der Waals surface area contributed by atoms with Crippen LogP contribution in [0.5, 0.6) is 5.75 Å². The molecule has 28 heavy (non-hydrogen) atoms. The molecule has 3 rings (SSSR count). The number of methoxy groups -OCH3 is 1. The Morgan fingerprint density at radius 3 is 2.68 bits per heavy atom. The van der Waals surface area contributed by atoms with Crippen LogP contribution in [0, 0.1) is 0 Å². The van der Waals surface area contributed by atoms with E-state index in [4.69, 9.17) is 14.5 Å². The number of nitrogens with zero attached hydrogens (tertiary/aromatic N) is 3. The molecular weight excluding hydrogens is 352 g/mol. The van der Waals surface area contributed by atoms with Crippen molar-refractivity contribution in [1.29, 1.82) is 0 Å². The monoisotopic (exact) mass is 388 g/mol. The first-order valence-electron chi connectivity index (χ1n) is 10.7. The van der Waals surface area contributed by atoms with Crippen molar-refractivity contribution >= 4 is 5.96 Å². The summed E-state index contributed by atoms with van der Waals surface area (Å²) in [6, 6.07) is 9.02. The van der Waals surface area contributed by atoms with E-state index < -0.39 is 0 Å². The van der Waals surface area contributed by atoms with Crippen LogP contribution in [0.1, 0.15) is 38.2 Å². The molecule has 0 radical (unpaired) electrons. The molecule has 0 spiro atoms. The predicted molar refractivity (Wildman–Crippen MR) is 114 cm³/mol. The third-order valence-corrected chi connectivity index (χ3v) is 5.87. The molecule has 2 unspecified atom stereocenters. The number of aliphatic imine (C=N–C) groups is 1. The molecule has 6 heteroatoms. The van der Waals surface area contributed by atoms with Gasteiger partial charge in [-0.15, -0.1) is 0 Å². The molecule has 2 saturated heterocycles. The summed E-state index contributed by atoms with van der Waals surface area (Å²) in [6.07, 6.45) is 2.26. The largest absolute Gasteiger partial charge is 0.497 e. The zero-order valence-electron chi connectivity index (χ0n) is 17.7. The van der Waals surface area contributed by atoms with Crippen LogP contribution in [-0.2, 0) is 4.74 Å². The van der Waals surface area contributed by atoms with Gasteiger partial charge in [0.2, 0.25) is 0 Å². The fourth-order valence-electron chi connectivity index (χ4n) is 4.06. The number of hydrogen-bond acceptors (Lipinski definition) is 4. The molecule has 2 aliphatic rings. The van der Waals surface area contributed by atoms with Gasteiger partial charge < -0.3 is 19.7 Å². The highest BCUT2D eigenvalue weighted by molar-refractivity contribution is 5.80. The molecule has 0 amide bonds. The van der Waals surface area contributed by atoms with Crippen molar-refractivity contribution in [3.05, 3.63) is 29.8 Å². The summed E-state index contributed by atoms with van der Waals surface area (Å²) < 4.78 is 10.8. The van der Waals surface area contributed by atoms with Crippen LogP contribution in [0.4, 0.5) is 0 Å². The highest BCUT2D eigenvalue weighted by atomic mass is 16.5. The smallest absolute Gasteiger partial charge is 0.193 e. The first-order chi connectivity index (χ1) is 13.7. The van der Waals surface area contributed by atoms with Crippen molar-refractivity contribution in [2.75, 3.05) is 59.6 Å². The summed E-state index contributed by atoms with van der Waals surface area (Å²) in [7, 11) is 1.71. The first-order valence-corrected chi connectivity index (χ1v) is 10.7. The van der Waals surface area contributed by atoms with Crippen molar-refractivity contribution in [2.45, 2.75) is 38.6 Å². The number of ether oxygens (including phenoxy) is 2. The van der Waals surface area contributed by atoms with Crippen LogP contribution >= 0.6 is 0 Å². The Balaban J connectivity index is 1.52. The van der Waals surface area contributed by atoms with E-state index >= 15 is 0 Å². The maximum Gasteiger partial charge on any atom is 0.193 e. The standard InChI is InChI=1S/C22H36N4O2/c1-4-23-22(26-12-10-20(17-26)25-13-15-28-16-14-25)24-11-9-18(2)19-5-7-21(27-3)8-6-19/h5-8,18,20H,4,9-17H2,1-3H3,(H,23,24). The van der Waals surface area contributed by atoms with Crippen LogP contribution in [0.2, 0.25) is 0 Å². The second kappa shape index (κ2) is 10.7. The van der Waals surface area contributed by atoms with Gasteiger partial charge in [-0.2, -0.15) is 0 Å². The van der Waals surface area contributed by atoms with E-state index in [1.54, 1.807) is 7.11 Å². The molecular formula is C22H36N4O2. The zero-order chi connectivity index (χ0) is 19.8. The second-order valence-corrected chi connectivity index (χ2v) is 7.74. The maximum absolute atomic E-state index is 5.50. The molecule has 1 N–H and O–H groups in total. The van der Waals surface area contributed by atoms with Gasteiger partial charge in [-0.1, -0.05) is 19.1 Å². The molecule has 1 aromatic carbocycles. The van der Waals surface area contributed by atoms with Crippen LogP contribution in [0.3, 0.4) is 0 Å². The minimum Gasteiger partial charge on any atom is -0.497 e. The Labute approximate surface area is 169 Å². The minimum absolute atomic E-state index is 0.484. The van der Waals surface area contributed by atoms with Crippen molar-refractivity contribution in [3.8, 4) is 5.75 Å². The zero-order valence-corrected chi connectivity index (χ0v) is 17.7. The molecule has 6 nitrogen and oxygen atoms in total. The summed E-state index contributed by atoms with van der Waals surface area (Å²) in [6.45, 7) is 12.2. The highest BCUT2D eigenvalue weighted by Crippen LogP contribution is 2.22. The van der Waals surface area contributed by atoms with E-state index in [2.05, 4.69) is 41.1 Å². The van der Waals surface area contributed by atoms with Gasteiger partial charge in [0.15, 0.2) is 5.96 Å². The van der Waals surface area contributed by atoms with Gasteiger partial charge in [0.05, 0.1) is 20.3 Å². The van der Waals surface area contributed by atoms with Crippen molar-refractivity contribution < 1.29 is 9.47 Å². The number of morpholine rings is 1. The lowest BCUT2D eigenvalue weighted by Gasteiger charge is -2.32. The SMILES string of the molecule is CCNC(=NCCC(C)c1ccc(OC)cc1)N1CCC(N2CCOCC2)C1. The molecule has 0 saturated carbocycles. The number of likely N-dealkylation sites (tertiary alicyclic amines) is 1. The molecule has 156 valence electrons. The maximum atomic E-state index is 5.50. The van der Waals surface area contributed by atoms with Gasteiger partial charge in [-0.05, 0) is 43.4 Å². The molecule has 2 atom stereocenters. The van der Waals surface area contributed by atoms with E-state index in [0.29, 0.717) is 12.0 Å². The number of rotatable bonds is 7. The van der Waals surface area contributed by atoms with Crippen molar-refractivity contribution in [1.82, 2.24) is 15.1 Å². The summed E-state index contributed by atoms with van der Waals surface area (Å²) in [5.41, 5.74) is 1.34. The Bertz CT molecular complexity index is 613. The van der Waals surface area contributed by atoms with Gasteiger partial charge in [-0.3, -0.25) is 9.89 Å². The molecule has 2 aliphatic heterocycles. The lowest BCUT2D eigenvalue weighted by Crippen LogP contribution is -2.46. The summed E-state index contributed by atoms with van der Waals surface area (Å²) >= 11 is 0. The molecule has 2 fully saturated rings. The van der Waals surface area contributed by atoms with E-state index in [9.17, 15) is 0 Å². The number of hydrogen-bond donors (Lipinski definition) is 1. The predicted octanol–water partition coefficient (Wildman–Crippen LogP) is 2.56. The second-order valence-electron chi connectivity index (χ2n) is 7.74. The Hall–Kier alpha value is -1.79. The van der Waals surface area contributed by atoms with E-state index in [-0.39, 0.29) is 0 Å². The number of nitrogens with one attached hydrogen (secondary N) is 1. The van der Waals surface area contributed by atoms with E-state index in [1.165, 1.54) is 12.0 Å². The van der Waals surface area contributed by atoms with Gasteiger partial charge >= 0.3 is 0 Å². The van der Waals surface area contributed by atoms with Crippen LogP contribution < -0.4 is 10.1 Å². The molecule has 0 aliphatic carbocycles. The molecule has 2 heterocycles. The molecule has 0 bridgehead atoms. The lowest BCUT2D eigenvalue weighted by atomic mass is 9.98. The average molecular weight is 389 g/mol. The van der Waals surface area contributed by atoms with Crippen LogP contribution in [0.15, 0.2) is 29.3 Å².